The van der Waals surface area contributed by atoms with Crippen molar-refractivity contribution in [2.75, 3.05) is 6.61 Å². The van der Waals surface area contributed by atoms with Crippen molar-refractivity contribution in [3.05, 3.63) is 65.0 Å². The summed E-state index contributed by atoms with van der Waals surface area (Å²) in [5.74, 6) is 0.229. The minimum Gasteiger partial charge on any atom is -0.494 e. The first kappa shape index (κ1) is 18.9. The third kappa shape index (κ3) is 5.87. The van der Waals surface area contributed by atoms with Crippen LogP contribution in [0.15, 0.2) is 42.5 Å². The van der Waals surface area contributed by atoms with Crippen molar-refractivity contribution < 1.29 is 18.7 Å². The van der Waals surface area contributed by atoms with Gasteiger partial charge < -0.3 is 14.8 Å². The maximum Gasteiger partial charge on any atom is 0.251 e. The van der Waals surface area contributed by atoms with Crippen LogP contribution in [0.4, 0.5) is 4.39 Å². The molecule has 0 bridgehead atoms. The molecule has 1 amide bonds. The summed E-state index contributed by atoms with van der Waals surface area (Å²) in [5.41, 5.74) is 2.21. The molecule has 0 fully saturated rings. The van der Waals surface area contributed by atoms with E-state index in [4.69, 9.17) is 9.47 Å². The number of ether oxygens (including phenoxy) is 2. The molecule has 2 rings (SSSR count). The van der Waals surface area contributed by atoms with Gasteiger partial charge in [-0.25, -0.2) is 4.39 Å². The highest BCUT2D eigenvalue weighted by Gasteiger charge is 2.11. The number of carbonyl (C=O) groups is 1. The van der Waals surface area contributed by atoms with Gasteiger partial charge in [-0.2, -0.15) is 0 Å². The highest BCUT2D eigenvalue weighted by Crippen LogP contribution is 2.22. The van der Waals surface area contributed by atoms with Gasteiger partial charge in [0.05, 0.1) is 19.3 Å². The van der Waals surface area contributed by atoms with Crippen molar-refractivity contribution in [1.82, 2.24) is 5.32 Å². The lowest BCUT2D eigenvalue weighted by atomic mass is 10.1. The number of rotatable bonds is 8. The van der Waals surface area contributed by atoms with Crippen LogP contribution in [0.25, 0.3) is 0 Å². The van der Waals surface area contributed by atoms with Crippen LogP contribution in [-0.2, 0) is 17.9 Å². The number of benzene rings is 2. The average Bonchev–Trinajstić information content (AvgIpc) is 2.60. The molecule has 2 aromatic carbocycles. The van der Waals surface area contributed by atoms with Crippen molar-refractivity contribution >= 4 is 5.91 Å². The van der Waals surface area contributed by atoms with Crippen LogP contribution in [0.5, 0.6) is 5.75 Å². The van der Waals surface area contributed by atoms with Gasteiger partial charge in [0.15, 0.2) is 0 Å². The Morgan fingerprint density at radius 2 is 1.88 bits per heavy atom. The maximum absolute atomic E-state index is 12.9. The van der Waals surface area contributed by atoms with Crippen molar-refractivity contribution in [2.24, 2.45) is 0 Å². The van der Waals surface area contributed by atoms with Crippen LogP contribution in [0, 0.1) is 5.82 Å². The van der Waals surface area contributed by atoms with Crippen LogP contribution in [-0.4, -0.2) is 18.6 Å². The Bertz CT molecular complexity index is 699. The minimum absolute atomic E-state index is 0.0884. The number of nitrogens with one attached hydrogen (secondary N) is 1. The largest absolute Gasteiger partial charge is 0.494 e. The molecule has 0 aliphatic heterocycles. The van der Waals surface area contributed by atoms with E-state index in [0.29, 0.717) is 25.3 Å². The van der Waals surface area contributed by atoms with E-state index in [1.54, 1.807) is 30.3 Å². The third-order valence-electron chi connectivity index (χ3n) is 3.56. The molecule has 0 aliphatic carbocycles. The second-order valence-corrected chi connectivity index (χ2v) is 5.92. The molecule has 2 aromatic rings. The number of carbonyl (C=O) groups excluding carboxylic acids is 1. The van der Waals surface area contributed by atoms with Gasteiger partial charge in [-0.3, -0.25) is 4.79 Å². The predicted molar refractivity (Wildman–Crippen MR) is 95.1 cm³/mol. The van der Waals surface area contributed by atoms with Gasteiger partial charge in [0.1, 0.15) is 11.6 Å². The Kier molecular flexibility index (Phi) is 6.95. The van der Waals surface area contributed by atoms with E-state index >= 15 is 0 Å². The van der Waals surface area contributed by atoms with E-state index in [-0.39, 0.29) is 17.8 Å². The zero-order chi connectivity index (χ0) is 18.2. The third-order valence-corrected chi connectivity index (χ3v) is 3.56. The molecule has 0 unspecified atom stereocenters. The molecule has 0 saturated heterocycles. The highest BCUT2D eigenvalue weighted by molar-refractivity contribution is 5.94. The minimum atomic E-state index is -0.295. The fraction of sp³-hybridized carbons (Fsp3) is 0.350. The average molecular weight is 345 g/mol. The summed E-state index contributed by atoms with van der Waals surface area (Å²) in [6.07, 6.45) is 0.0884. The summed E-state index contributed by atoms with van der Waals surface area (Å²) < 4.78 is 24.2. The molecule has 0 aromatic heterocycles. The first-order valence-electron chi connectivity index (χ1n) is 8.39. The smallest absolute Gasteiger partial charge is 0.251 e. The van der Waals surface area contributed by atoms with Crippen molar-refractivity contribution in [3.8, 4) is 5.75 Å². The number of hydrogen-bond acceptors (Lipinski definition) is 3. The number of hydrogen-bond donors (Lipinski definition) is 1. The van der Waals surface area contributed by atoms with E-state index in [2.05, 4.69) is 5.32 Å². The molecule has 0 aliphatic rings. The fourth-order valence-electron chi connectivity index (χ4n) is 2.27. The van der Waals surface area contributed by atoms with E-state index in [9.17, 15) is 9.18 Å². The lowest BCUT2D eigenvalue weighted by Crippen LogP contribution is -2.23. The molecule has 0 spiro atoms. The highest BCUT2D eigenvalue weighted by atomic mass is 19.1. The molecule has 4 nitrogen and oxygen atoms in total. The first-order valence-corrected chi connectivity index (χ1v) is 8.39. The molecule has 0 heterocycles. The lowest BCUT2D eigenvalue weighted by Gasteiger charge is -2.14. The SMILES string of the molecule is CCOc1ccc(C(=O)NCc2ccc(F)cc2)cc1COC(C)C. The molecular formula is C20H24FNO3. The molecule has 25 heavy (non-hydrogen) atoms. The molecule has 134 valence electrons. The summed E-state index contributed by atoms with van der Waals surface area (Å²) in [6, 6.07) is 11.3. The Balaban J connectivity index is 2.07. The van der Waals surface area contributed by atoms with Crippen LogP contribution >= 0.6 is 0 Å². The van der Waals surface area contributed by atoms with Crippen LogP contribution in [0.1, 0.15) is 42.3 Å². The van der Waals surface area contributed by atoms with E-state index in [0.717, 1.165) is 16.9 Å². The summed E-state index contributed by atoms with van der Waals surface area (Å²) in [6.45, 7) is 7.09. The molecule has 0 atom stereocenters. The second-order valence-electron chi connectivity index (χ2n) is 5.92. The van der Waals surface area contributed by atoms with Gasteiger partial charge in [0, 0.05) is 17.7 Å². The van der Waals surface area contributed by atoms with Gasteiger partial charge in [0.2, 0.25) is 0 Å². The quantitative estimate of drug-likeness (QED) is 0.784. The molecule has 0 radical (unpaired) electrons. The summed E-state index contributed by atoms with van der Waals surface area (Å²) in [5, 5.41) is 2.84. The second kappa shape index (κ2) is 9.18. The van der Waals surface area contributed by atoms with Crippen molar-refractivity contribution in [1.29, 1.82) is 0 Å². The van der Waals surface area contributed by atoms with Crippen LogP contribution < -0.4 is 10.1 Å². The van der Waals surface area contributed by atoms with Crippen molar-refractivity contribution in [2.45, 2.75) is 40.0 Å². The Morgan fingerprint density at radius 1 is 1.16 bits per heavy atom. The zero-order valence-corrected chi connectivity index (χ0v) is 14.8. The van der Waals surface area contributed by atoms with Crippen LogP contribution in [0.3, 0.4) is 0 Å². The maximum atomic E-state index is 12.9. The standard InChI is InChI=1S/C20H24FNO3/c1-4-24-19-10-7-16(11-17(19)13-25-14(2)3)20(23)22-12-15-5-8-18(21)9-6-15/h5-11,14H,4,12-13H2,1-3H3,(H,22,23). The Hall–Kier alpha value is -2.40. The van der Waals surface area contributed by atoms with Crippen molar-refractivity contribution in [3.63, 3.8) is 0 Å². The topological polar surface area (TPSA) is 47.6 Å². The summed E-state index contributed by atoms with van der Waals surface area (Å²) >= 11 is 0. The molecule has 0 saturated carbocycles. The normalized spacial score (nSPS) is 10.8. The van der Waals surface area contributed by atoms with Gasteiger partial charge in [-0.1, -0.05) is 12.1 Å². The van der Waals surface area contributed by atoms with Gasteiger partial charge in [-0.05, 0) is 56.7 Å². The van der Waals surface area contributed by atoms with E-state index < -0.39 is 0 Å². The molecule has 1 N–H and O–H groups in total. The number of amides is 1. The predicted octanol–water partition coefficient (Wildman–Crippen LogP) is 4.08. The van der Waals surface area contributed by atoms with Gasteiger partial charge in [-0.15, -0.1) is 0 Å². The summed E-state index contributed by atoms with van der Waals surface area (Å²) in [7, 11) is 0. The fourth-order valence-corrected chi connectivity index (χ4v) is 2.27. The molecule has 5 heteroatoms. The number of halogens is 1. The van der Waals surface area contributed by atoms with Crippen LogP contribution in [0.2, 0.25) is 0 Å². The van der Waals surface area contributed by atoms with Gasteiger partial charge >= 0.3 is 0 Å². The lowest BCUT2D eigenvalue weighted by molar-refractivity contribution is 0.0641. The Labute approximate surface area is 148 Å². The van der Waals surface area contributed by atoms with E-state index in [1.807, 2.05) is 20.8 Å². The first-order chi connectivity index (χ1) is 12.0. The monoisotopic (exact) mass is 345 g/mol. The van der Waals surface area contributed by atoms with Gasteiger partial charge in [0.25, 0.3) is 5.91 Å². The molecular weight excluding hydrogens is 321 g/mol. The Morgan fingerprint density at radius 3 is 2.52 bits per heavy atom. The summed E-state index contributed by atoms with van der Waals surface area (Å²) in [4.78, 5) is 12.4. The van der Waals surface area contributed by atoms with E-state index in [1.165, 1.54) is 12.1 Å². The zero-order valence-electron chi connectivity index (χ0n) is 14.8.